The van der Waals surface area contributed by atoms with Crippen LogP contribution in [0.3, 0.4) is 0 Å². The zero-order chi connectivity index (χ0) is 8.43. The summed E-state index contributed by atoms with van der Waals surface area (Å²) in [6.45, 7) is 6.41. The Morgan fingerprint density at radius 2 is 2.09 bits per heavy atom. The third-order valence-corrected chi connectivity index (χ3v) is 2.95. The van der Waals surface area contributed by atoms with Crippen molar-refractivity contribution < 1.29 is 0 Å². The van der Waals surface area contributed by atoms with Gasteiger partial charge >= 0.3 is 0 Å². The Labute approximate surface area is 72.2 Å². The van der Waals surface area contributed by atoms with Gasteiger partial charge in [-0.25, -0.2) is 0 Å². The third kappa shape index (κ3) is 2.04. The molecule has 0 fully saturated rings. The Bertz CT molecular complexity index is 227. The molecule has 62 valence electrons. The van der Waals surface area contributed by atoms with Crippen molar-refractivity contribution >= 4 is 11.3 Å². The van der Waals surface area contributed by atoms with E-state index >= 15 is 0 Å². The van der Waals surface area contributed by atoms with Crippen molar-refractivity contribution in [2.45, 2.75) is 26.8 Å². The molecule has 1 aromatic rings. The van der Waals surface area contributed by atoms with Crippen LogP contribution in [0.2, 0.25) is 0 Å². The number of thiophene rings is 1. The summed E-state index contributed by atoms with van der Waals surface area (Å²) >= 11 is 1.76. The normalized spacial score (nSPS) is 13.9. The molecule has 0 amide bonds. The molecule has 0 bridgehead atoms. The van der Waals surface area contributed by atoms with E-state index in [0.717, 1.165) is 0 Å². The van der Waals surface area contributed by atoms with Crippen molar-refractivity contribution in [1.29, 1.82) is 0 Å². The predicted molar refractivity (Wildman–Crippen MR) is 50.8 cm³/mol. The zero-order valence-corrected chi connectivity index (χ0v) is 8.11. The molecular weight excluding hydrogens is 154 g/mol. The summed E-state index contributed by atoms with van der Waals surface area (Å²) in [5, 5.41) is 2.15. The van der Waals surface area contributed by atoms with Gasteiger partial charge in [-0.05, 0) is 29.9 Å². The summed E-state index contributed by atoms with van der Waals surface area (Å²) < 4.78 is 0. The minimum atomic E-state index is 0.216. The van der Waals surface area contributed by atoms with Crippen LogP contribution in [0.4, 0.5) is 0 Å². The first-order valence-electron chi connectivity index (χ1n) is 3.92. The minimum Gasteiger partial charge on any atom is -0.323 e. The average molecular weight is 169 g/mol. The predicted octanol–water partition coefficient (Wildman–Crippen LogP) is 2.71. The van der Waals surface area contributed by atoms with Gasteiger partial charge in [-0.1, -0.05) is 13.8 Å². The van der Waals surface area contributed by atoms with Crippen LogP contribution >= 0.6 is 11.3 Å². The van der Waals surface area contributed by atoms with Crippen molar-refractivity contribution in [2.24, 2.45) is 11.7 Å². The third-order valence-electron chi connectivity index (χ3n) is 1.80. The van der Waals surface area contributed by atoms with Gasteiger partial charge < -0.3 is 5.73 Å². The number of aryl methyl sites for hydroxylation is 1. The second-order valence-corrected chi connectivity index (χ2v) is 4.24. The van der Waals surface area contributed by atoms with Crippen molar-refractivity contribution in [3.63, 3.8) is 0 Å². The molecule has 0 aromatic carbocycles. The maximum atomic E-state index is 5.96. The zero-order valence-electron chi connectivity index (χ0n) is 7.29. The quantitative estimate of drug-likeness (QED) is 0.723. The highest BCUT2D eigenvalue weighted by atomic mass is 32.1. The molecule has 0 radical (unpaired) electrons. The molecular formula is C9H15NS. The van der Waals surface area contributed by atoms with Crippen LogP contribution < -0.4 is 5.73 Å². The standard InChI is InChI=1S/C9H15NS/c1-6(2)9(10)8-4-7(3)5-11-8/h4-6,9H,10H2,1-3H3. The largest absolute Gasteiger partial charge is 0.323 e. The SMILES string of the molecule is Cc1csc(C(N)C(C)C)c1. The Kier molecular flexibility index (Phi) is 2.68. The lowest BCUT2D eigenvalue weighted by atomic mass is 10.0. The van der Waals surface area contributed by atoms with E-state index in [-0.39, 0.29) is 6.04 Å². The molecule has 0 saturated carbocycles. The molecule has 0 aliphatic carbocycles. The molecule has 0 aliphatic rings. The number of nitrogens with two attached hydrogens (primary N) is 1. The van der Waals surface area contributed by atoms with Gasteiger partial charge in [0.2, 0.25) is 0 Å². The Morgan fingerprint density at radius 1 is 1.45 bits per heavy atom. The summed E-state index contributed by atoms with van der Waals surface area (Å²) in [4.78, 5) is 1.30. The molecule has 1 rings (SSSR count). The van der Waals surface area contributed by atoms with Gasteiger partial charge in [-0.15, -0.1) is 11.3 Å². The van der Waals surface area contributed by atoms with E-state index in [4.69, 9.17) is 5.73 Å². The van der Waals surface area contributed by atoms with E-state index in [1.165, 1.54) is 10.4 Å². The van der Waals surface area contributed by atoms with Gasteiger partial charge in [0, 0.05) is 10.9 Å². The highest BCUT2D eigenvalue weighted by molar-refractivity contribution is 7.10. The van der Waals surface area contributed by atoms with Gasteiger partial charge in [0.25, 0.3) is 0 Å². The smallest absolute Gasteiger partial charge is 0.0413 e. The first kappa shape index (κ1) is 8.75. The molecule has 11 heavy (non-hydrogen) atoms. The lowest BCUT2D eigenvalue weighted by Crippen LogP contribution is -2.14. The second kappa shape index (κ2) is 3.37. The van der Waals surface area contributed by atoms with E-state index in [1.807, 2.05) is 0 Å². The summed E-state index contributed by atoms with van der Waals surface area (Å²) in [6.07, 6.45) is 0. The monoisotopic (exact) mass is 169 g/mol. The van der Waals surface area contributed by atoms with Crippen LogP contribution in [-0.4, -0.2) is 0 Å². The van der Waals surface area contributed by atoms with Crippen LogP contribution in [0, 0.1) is 12.8 Å². The molecule has 1 heterocycles. The summed E-state index contributed by atoms with van der Waals surface area (Å²) in [6, 6.07) is 2.39. The molecule has 1 nitrogen and oxygen atoms in total. The van der Waals surface area contributed by atoms with E-state index in [1.54, 1.807) is 11.3 Å². The second-order valence-electron chi connectivity index (χ2n) is 3.30. The molecule has 2 heteroatoms. The lowest BCUT2D eigenvalue weighted by Gasteiger charge is -2.12. The highest BCUT2D eigenvalue weighted by Gasteiger charge is 2.11. The van der Waals surface area contributed by atoms with Crippen LogP contribution in [0.1, 0.15) is 30.3 Å². The number of hydrogen-bond donors (Lipinski definition) is 1. The fourth-order valence-corrected chi connectivity index (χ4v) is 2.03. The van der Waals surface area contributed by atoms with Crippen LogP contribution in [-0.2, 0) is 0 Å². The molecule has 2 N–H and O–H groups in total. The van der Waals surface area contributed by atoms with Crippen LogP contribution in [0.15, 0.2) is 11.4 Å². The highest BCUT2D eigenvalue weighted by Crippen LogP contribution is 2.24. The molecule has 1 unspecified atom stereocenters. The molecule has 1 atom stereocenters. The maximum absolute atomic E-state index is 5.96. The number of hydrogen-bond acceptors (Lipinski definition) is 2. The molecule has 0 spiro atoms. The van der Waals surface area contributed by atoms with Crippen molar-refractivity contribution in [3.8, 4) is 0 Å². The van der Waals surface area contributed by atoms with Crippen molar-refractivity contribution in [3.05, 3.63) is 21.9 Å². The summed E-state index contributed by atoms with van der Waals surface area (Å²) in [5.74, 6) is 0.535. The molecule has 0 aliphatic heterocycles. The molecule has 1 aromatic heterocycles. The van der Waals surface area contributed by atoms with Gasteiger partial charge in [-0.2, -0.15) is 0 Å². The van der Waals surface area contributed by atoms with Gasteiger partial charge in [0.15, 0.2) is 0 Å². The summed E-state index contributed by atoms with van der Waals surface area (Å²) in [7, 11) is 0. The van der Waals surface area contributed by atoms with E-state index in [2.05, 4.69) is 32.2 Å². The average Bonchev–Trinajstić information content (AvgIpc) is 2.34. The topological polar surface area (TPSA) is 26.0 Å². The van der Waals surface area contributed by atoms with Crippen LogP contribution in [0.5, 0.6) is 0 Å². The van der Waals surface area contributed by atoms with Gasteiger partial charge in [0.05, 0.1) is 0 Å². The van der Waals surface area contributed by atoms with Gasteiger partial charge in [0.1, 0.15) is 0 Å². The first-order chi connectivity index (χ1) is 5.11. The summed E-state index contributed by atoms with van der Waals surface area (Å²) in [5.41, 5.74) is 7.28. The lowest BCUT2D eigenvalue weighted by molar-refractivity contribution is 0.521. The first-order valence-corrected chi connectivity index (χ1v) is 4.80. The van der Waals surface area contributed by atoms with Crippen molar-refractivity contribution in [1.82, 2.24) is 0 Å². The molecule has 0 saturated heterocycles. The Hall–Kier alpha value is -0.340. The maximum Gasteiger partial charge on any atom is 0.0413 e. The van der Waals surface area contributed by atoms with Crippen LogP contribution in [0.25, 0.3) is 0 Å². The number of rotatable bonds is 2. The van der Waals surface area contributed by atoms with E-state index < -0.39 is 0 Å². The fourth-order valence-electron chi connectivity index (χ4n) is 0.957. The van der Waals surface area contributed by atoms with Gasteiger partial charge in [-0.3, -0.25) is 0 Å². The fraction of sp³-hybridized carbons (Fsp3) is 0.556. The van der Waals surface area contributed by atoms with E-state index in [9.17, 15) is 0 Å². The Balaban J connectivity index is 2.76. The minimum absolute atomic E-state index is 0.216. The van der Waals surface area contributed by atoms with Crippen molar-refractivity contribution in [2.75, 3.05) is 0 Å². The van der Waals surface area contributed by atoms with E-state index in [0.29, 0.717) is 5.92 Å². The Morgan fingerprint density at radius 3 is 2.45 bits per heavy atom.